The Morgan fingerprint density at radius 2 is 1.14 bits per heavy atom. The molecule has 0 unspecified atom stereocenters. The van der Waals surface area contributed by atoms with E-state index in [2.05, 4.69) is 128 Å². The lowest BCUT2D eigenvalue weighted by molar-refractivity contribution is 0.669. The summed E-state index contributed by atoms with van der Waals surface area (Å²) in [5, 5.41) is 6.77. The van der Waals surface area contributed by atoms with Crippen LogP contribution in [0.2, 0.25) is 0 Å². The average molecular weight is 642 g/mol. The van der Waals surface area contributed by atoms with Gasteiger partial charge in [-0.1, -0.05) is 134 Å². The predicted molar refractivity (Wildman–Crippen MR) is 209 cm³/mol. The molecule has 4 nitrogen and oxygen atoms in total. The SMILES string of the molecule is C=Cc1c(-c2ccc3oc4cc5ccccc5cc4c3c2)ccc(-c2nc(-c3ccccc3)nc(-c3cccc4ccccc34)n2)c1/C=C\C. The third-order valence-corrected chi connectivity index (χ3v) is 9.41. The molecule has 0 atom stereocenters. The van der Waals surface area contributed by atoms with Crippen LogP contribution in [0, 0.1) is 0 Å². The van der Waals surface area contributed by atoms with Gasteiger partial charge >= 0.3 is 0 Å². The number of aromatic nitrogens is 3. The highest BCUT2D eigenvalue weighted by atomic mass is 16.3. The van der Waals surface area contributed by atoms with Crippen LogP contribution in [0.25, 0.3) is 101 Å². The van der Waals surface area contributed by atoms with Crippen LogP contribution >= 0.6 is 0 Å². The number of rotatable bonds is 6. The molecule has 2 heterocycles. The van der Waals surface area contributed by atoms with Crippen LogP contribution in [-0.2, 0) is 0 Å². The number of nitrogens with zero attached hydrogens (tertiary/aromatic N) is 3. The summed E-state index contributed by atoms with van der Waals surface area (Å²) in [6, 6.07) is 48.1. The third-order valence-electron chi connectivity index (χ3n) is 9.41. The Labute approximate surface area is 289 Å². The van der Waals surface area contributed by atoms with Crippen molar-refractivity contribution in [3.63, 3.8) is 0 Å². The fourth-order valence-electron chi connectivity index (χ4n) is 7.03. The summed E-state index contributed by atoms with van der Waals surface area (Å²) in [5.41, 5.74) is 8.70. The summed E-state index contributed by atoms with van der Waals surface area (Å²) in [6.07, 6.45) is 6.11. The molecule has 4 heteroatoms. The Kier molecular flexibility index (Phi) is 7.14. The maximum absolute atomic E-state index is 6.32. The van der Waals surface area contributed by atoms with Crippen molar-refractivity contribution in [3.05, 3.63) is 163 Å². The van der Waals surface area contributed by atoms with Gasteiger partial charge < -0.3 is 4.42 Å². The van der Waals surface area contributed by atoms with E-state index >= 15 is 0 Å². The molecule has 0 aliphatic heterocycles. The number of fused-ring (bicyclic) bond motifs is 5. The molecule has 0 spiro atoms. The van der Waals surface area contributed by atoms with E-state index in [0.29, 0.717) is 17.5 Å². The summed E-state index contributed by atoms with van der Waals surface area (Å²) in [7, 11) is 0. The smallest absolute Gasteiger partial charge is 0.164 e. The van der Waals surface area contributed by atoms with Crippen molar-refractivity contribution in [3.8, 4) is 45.3 Å². The van der Waals surface area contributed by atoms with E-state index in [-0.39, 0.29) is 0 Å². The second-order valence-electron chi connectivity index (χ2n) is 12.4. The van der Waals surface area contributed by atoms with Crippen LogP contribution in [-0.4, -0.2) is 15.0 Å². The lowest BCUT2D eigenvalue weighted by Crippen LogP contribution is -2.02. The summed E-state index contributed by atoms with van der Waals surface area (Å²) in [5.74, 6) is 1.86. The molecule has 236 valence electrons. The molecule has 0 radical (unpaired) electrons. The fourth-order valence-corrected chi connectivity index (χ4v) is 7.03. The molecule has 50 heavy (non-hydrogen) atoms. The van der Waals surface area contributed by atoms with Crippen molar-refractivity contribution in [1.82, 2.24) is 15.0 Å². The Bertz CT molecular complexity index is 2790. The summed E-state index contributed by atoms with van der Waals surface area (Å²) >= 11 is 0. The minimum atomic E-state index is 0.604. The van der Waals surface area contributed by atoms with Crippen LogP contribution in [0.15, 0.2) is 157 Å². The first-order valence-corrected chi connectivity index (χ1v) is 16.8. The Morgan fingerprint density at radius 1 is 0.480 bits per heavy atom. The van der Waals surface area contributed by atoms with Crippen molar-refractivity contribution in [2.75, 3.05) is 0 Å². The number of furan rings is 1. The standard InChI is InChI=1S/C46H31N3O/c1-3-13-37-34(4-2)36(33-22-25-42-40(27-33)41-26-31-17-8-9-18-32(31)28-43(41)50-42)23-24-39(37)46-48-44(30-15-6-5-7-16-30)47-45(49-46)38-21-12-19-29-14-10-11-20-35(29)38/h3-28H,2H2,1H3/b13-3-. The first-order valence-electron chi connectivity index (χ1n) is 16.8. The van der Waals surface area contributed by atoms with E-state index in [1.54, 1.807) is 0 Å². The summed E-state index contributed by atoms with van der Waals surface area (Å²) in [4.78, 5) is 15.3. The molecule has 0 bridgehead atoms. The fraction of sp³-hybridized carbons (Fsp3) is 0.0217. The van der Waals surface area contributed by atoms with E-state index in [4.69, 9.17) is 19.4 Å². The molecule has 0 saturated heterocycles. The third kappa shape index (κ3) is 4.97. The molecule has 0 fully saturated rings. The quantitative estimate of drug-likeness (QED) is 0.181. The minimum Gasteiger partial charge on any atom is -0.456 e. The second-order valence-corrected chi connectivity index (χ2v) is 12.4. The molecule has 0 N–H and O–H groups in total. The lowest BCUT2D eigenvalue weighted by Gasteiger charge is -2.16. The van der Waals surface area contributed by atoms with Gasteiger partial charge in [0.25, 0.3) is 0 Å². The van der Waals surface area contributed by atoms with E-state index in [1.807, 2.05) is 43.3 Å². The van der Waals surface area contributed by atoms with Gasteiger partial charge in [-0.25, -0.2) is 15.0 Å². The van der Waals surface area contributed by atoms with E-state index in [1.165, 1.54) is 5.39 Å². The van der Waals surface area contributed by atoms with Crippen molar-refractivity contribution >= 4 is 55.6 Å². The van der Waals surface area contributed by atoms with Gasteiger partial charge in [-0.3, -0.25) is 0 Å². The topological polar surface area (TPSA) is 51.8 Å². The van der Waals surface area contributed by atoms with Crippen molar-refractivity contribution in [1.29, 1.82) is 0 Å². The van der Waals surface area contributed by atoms with Gasteiger partial charge in [-0.05, 0) is 81.1 Å². The predicted octanol–water partition coefficient (Wildman–Crippen LogP) is 12.4. The zero-order chi connectivity index (χ0) is 33.6. The molecule has 9 rings (SSSR count). The van der Waals surface area contributed by atoms with Gasteiger partial charge in [0.05, 0.1) is 0 Å². The second kappa shape index (κ2) is 12.1. The van der Waals surface area contributed by atoms with Gasteiger partial charge in [0.2, 0.25) is 0 Å². The first-order chi connectivity index (χ1) is 24.7. The maximum atomic E-state index is 6.32. The van der Waals surface area contributed by atoms with Gasteiger partial charge in [-0.2, -0.15) is 0 Å². The van der Waals surface area contributed by atoms with E-state index < -0.39 is 0 Å². The number of benzene rings is 7. The normalized spacial score (nSPS) is 11.7. The first kappa shape index (κ1) is 29.5. The van der Waals surface area contributed by atoms with E-state index in [0.717, 1.165) is 77.0 Å². The summed E-state index contributed by atoms with van der Waals surface area (Å²) < 4.78 is 6.32. The molecule has 9 aromatic rings. The molecular weight excluding hydrogens is 611 g/mol. The monoisotopic (exact) mass is 641 g/mol. The molecule has 0 aliphatic carbocycles. The van der Waals surface area contributed by atoms with Crippen LogP contribution in [0.1, 0.15) is 18.1 Å². The van der Waals surface area contributed by atoms with Crippen LogP contribution < -0.4 is 0 Å². The molecule has 0 aliphatic rings. The Hall–Kier alpha value is -6.65. The lowest BCUT2D eigenvalue weighted by atomic mass is 9.90. The average Bonchev–Trinajstić information content (AvgIpc) is 3.53. The zero-order valence-corrected chi connectivity index (χ0v) is 27.5. The van der Waals surface area contributed by atoms with Gasteiger partial charge in [-0.15, -0.1) is 0 Å². The number of hydrogen-bond donors (Lipinski definition) is 0. The van der Waals surface area contributed by atoms with Gasteiger partial charge in [0.1, 0.15) is 11.2 Å². The van der Waals surface area contributed by atoms with Crippen LogP contribution in [0.4, 0.5) is 0 Å². The Balaban J connectivity index is 1.25. The molecule has 0 saturated carbocycles. The highest BCUT2D eigenvalue weighted by Crippen LogP contribution is 2.39. The highest BCUT2D eigenvalue weighted by molar-refractivity contribution is 6.11. The number of hydrogen-bond acceptors (Lipinski definition) is 4. The highest BCUT2D eigenvalue weighted by Gasteiger charge is 2.19. The number of allylic oxidation sites excluding steroid dienone is 1. The minimum absolute atomic E-state index is 0.604. The van der Waals surface area contributed by atoms with Crippen LogP contribution in [0.3, 0.4) is 0 Å². The summed E-state index contributed by atoms with van der Waals surface area (Å²) in [6.45, 7) is 6.32. The zero-order valence-electron chi connectivity index (χ0n) is 27.5. The molecule has 7 aromatic carbocycles. The Morgan fingerprint density at radius 3 is 1.94 bits per heavy atom. The maximum Gasteiger partial charge on any atom is 0.164 e. The van der Waals surface area contributed by atoms with E-state index in [9.17, 15) is 0 Å². The van der Waals surface area contributed by atoms with Crippen molar-refractivity contribution in [2.24, 2.45) is 0 Å². The van der Waals surface area contributed by atoms with Gasteiger partial charge in [0, 0.05) is 27.5 Å². The molecule has 2 aromatic heterocycles. The molecule has 0 amide bonds. The van der Waals surface area contributed by atoms with Crippen molar-refractivity contribution < 1.29 is 4.42 Å². The largest absolute Gasteiger partial charge is 0.456 e. The molecular formula is C46H31N3O. The van der Waals surface area contributed by atoms with Crippen molar-refractivity contribution in [2.45, 2.75) is 6.92 Å². The van der Waals surface area contributed by atoms with Crippen LogP contribution in [0.5, 0.6) is 0 Å². The van der Waals surface area contributed by atoms with Gasteiger partial charge in [0.15, 0.2) is 17.5 Å².